The van der Waals surface area contributed by atoms with Gasteiger partial charge in [-0.15, -0.1) is 0 Å². The van der Waals surface area contributed by atoms with Crippen LogP contribution in [0.3, 0.4) is 0 Å². The SMILES string of the molecule is CCCCO.CC[C@@H](CCCCNC(=O)CCCCCCCCCCCCCCCCC(=O)c1ccc(B(O)O)c(F)c1F)C(=O)O. The van der Waals surface area contributed by atoms with E-state index in [1.54, 1.807) is 0 Å². The van der Waals surface area contributed by atoms with Crippen molar-refractivity contribution < 1.29 is 43.4 Å². The van der Waals surface area contributed by atoms with Crippen molar-refractivity contribution in [1.29, 1.82) is 0 Å². The molecule has 0 aliphatic heterocycles. The molecule has 0 radical (unpaired) electrons. The van der Waals surface area contributed by atoms with Crippen molar-refractivity contribution in [2.45, 2.75) is 155 Å². The first kappa shape index (κ1) is 44.6. The lowest BCUT2D eigenvalue weighted by Gasteiger charge is -2.09. The molecule has 47 heavy (non-hydrogen) atoms. The van der Waals surface area contributed by atoms with Crippen LogP contribution in [0.1, 0.15) is 165 Å². The van der Waals surface area contributed by atoms with Crippen LogP contribution in [0.15, 0.2) is 12.1 Å². The molecule has 0 aliphatic rings. The van der Waals surface area contributed by atoms with Gasteiger partial charge in [0.1, 0.15) is 0 Å². The van der Waals surface area contributed by atoms with Gasteiger partial charge in [0.15, 0.2) is 17.4 Å². The second kappa shape index (κ2) is 29.7. The summed E-state index contributed by atoms with van der Waals surface area (Å²) in [5, 5.41) is 38.1. The molecule has 0 saturated carbocycles. The number of ketones is 1. The highest BCUT2D eigenvalue weighted by Crippen LogP contribution is 2.17. The summed E-state index contributed by atoms with van der Waals surface area (Å²) in [6, 6.07) is 2.14. The molecule has 8 nitrogen and oxygen atoms in total. The molecular formula is C36H62BF2NO7. The number of unbranched alkanes of at least 4 members (excludes halogenated alkanes) is 15. The number of carbonyl (C=O) groups excluding carboxylic acids is 2. The van der Waals surface area contributed by atoms with Gasteiger partial charge in [0.25, 0.3) is 0 Å². The molecule has 0 saturated heterocycles. The number of nitrogens with one attached hydrogen (secondary N) is 1. The third-order valence-corrected chi connectivity index (χ3v) is 8.40. The molecule has 11 heteroatoms. The third kappa shape index (κ3) is 22.8. The maximum absolute atomic E-state index is 14.0. The van der Waals surface area contributed by atoms with Crippen molar-refractivity contribution in [3.63, 3.8) is 0 Å². The van der Waals surface area contributed by atoms with Crippen molar-refractivity contribution in [3.8, 4) is 0 Å². The molecule has 1 aromatic rings. The van der Waals surface area contributed by atoms with Crippen LogP contribution >= 0.6 is 0 Å². The van der Waals surface area contributed by atoms with Crippen molar-refractivity contribution in [2.24, 2.45) is 5.92 Å². The zero-order valence-electron chi connectivity index (χ0n) is 29.0. The van der Waals surface area contributed by atoms with Crippen LogP contribution < -0.4 is 10.8 Å². The van der Waals surface area contributed by atoms with E-state index in [1.807, 2.05) is 6.92 Å². The van der Waals surface area contributed by atoms with Crippen LogP contribution in [0.5, 0.6) is 0 Å². The molecular weight excluding hydrogens is 607 g/mol. The van der Waals surface area contributed by atoms with Gasteiger partial charge in [-0.1, -0.05) is 110 Å². The number of aliphatic hydroxyl groups excluding tert-OH is 1. The quantitative estimate of drug-likeness (QED) is 0.0359. The number of benzene rings is 1. The summed E-state index contributed by atoms with van der Waals surface area (Å²) < 4.78 is 27.9. The monoisotopic (exact) mass is 669 g/mol. The van der Waals surface area contributed by atoms with E-state index >= 15 is 0 Å². The van der Waals surface area contributed by atoms with E-state index in [0.29, 0.717) is 38.8 Å². The predicted octanol–water partition coefficient (Wildman–Crippen LogP) is 7.25. The molecule has 1 aromatic carbocycles. The fraction of sp³-hybridized carbons (Fsp3) is 0.750. The fourth-order valence-corrected chi connectivity index (χ4v) is 5.30. The normalized spacial score (nSPS) is 11.5. The Labute approximate surface area is 282 Å². The van der Waals surface area contributed by atoms with Crippen LogP contribution in [0.4, 0.5) is 8.78 Å². The molecule has 0 aliphatic carbocycles. The lowest BCUT2D eigenvalue weighted by atomic mass is 9.79. The van der Waals surface area contributed by atoms with Crippen LogP contribution in [-0.2, 0) is 9.59 Å². The topological polar surface area (TPSA) is 144 Å². The average molecular weight is 670 g/mol. The maximum atomic E-state index is 14.0. The first-order valence-electron chi connectivity index (χ1n) is 18.1. The van der Waals surface area contributed by atoms with E-state index < -0.39 is 36.0 Å². The lowest BCUT2D eigenvalue weighted by molar-refractivity contribution is -0.142. The van der Waals surface area contributed by atoms with E-state index in [2.05, 4.69) is 12.2 Å². The third-order valence-electron chi connectivity index (χ3n) is 8.40. The van der Waals surface area contributed by atoms with E-state index in [9.17, 15) is 23.2 Å². The van der Waals surface area contributed by atoms with Crippen LogP contribution in [0.2, 0.25) is 0 Å². The summed E-state index contributed by atoms with van der Waals surface area (Å²) in [5.41, 5.74) is -0.923. The van der Waals surface area contributed by atoms with Crippen molar-refractivity contribution in [3.05, 3.63) is 29.3 Å². The molecule has 0 fully saturated rings. The molecule has 1 atom stereocenters. The Morgan fingerprint density at radius 3 is 1.66 bits per heavy atom. The number of rotatable bonds is 28. The van der Waals surface area contributed by atoms with Gasteiger partial charge in [-0.2, -0.15) is 0 Å². The number of halogens is 2. The second-order valence-electron chi connectivity index (χ2n) is 12.4. The Balaban J connectivity index is 0.00000391. The highest BCUT2D eigenvalue weighted by Gasteiger charge is 2.24. The maximum Gasteiger partial charge on any atom is 0.491 e. The Kier molecular flexibility index (Phi) is 28.3. The van der Waals surface area contributed by atoms with Gasteiger partial charge < -0.3 is 25.6 Å². The molecule has 1 amide bonds. The molecule has 1 rings (SSSR count). The van der Waals surface area contributed by atoms with E-state index in [4.69, 9.17) is 20.3 Å². The number of carboxylic acids is 1. The van der Waals surface area contributed by atoms with Crippen molar-refractivity contribution in [1.82, 2.24) is 5.32 Å². The summed E-state index contributed by atoms with van der Waals surface area (Å²) in [4.78, 5) is 35.1. The molecule has 0 aromatic heterocycles. The van der Waals surface area contributed by atoms with E-state index in [0.717, 1.165) is 82.8 Å². The van der Waals surface area contributed by atoms with Crippen LogP contribution in [-0.4, -0.2) is 58.2 Å². The van der Waals surface area contributed by atoms with Crippen molar-refractivity contribution >= 4 is 30.2 Å². The summed E-state index contributed by atoms with van der Waals surface area (Å²) >= 11 is 0. The Hall–Kier alpha value is -2.37. The van der Waals surface area contributed by atoms with Crippen LogP contribution in [0.25, 0.3) is 0 Å². The van der Waals surface area contributed by atoms with Gasteiger partial charge in [-0.3, -0.25) is 14.4 Å². The van der Waals surface area contributed by atoms with Gasteiger partial charge in [-0.25, -0.2) is 8.78 Å². The largest absolute Gasteiger partial charge is 0.491 e. The number of amides is 1. The summed E-state index contributed by atoms with van der Waals surface area (Å²) in [7, 11) is -2.12. The minimum atomic E-state index is -2.12. The Morgan fingerprint density at radius 2 is 1.23 bits per heavy atom. The zero-order chi connectivity index (χ0) is 35.3. The summed E-state index contributed by atoms with van der Waals surface area (Å²) in [6.07, 6.45) is 20.9. The number of carbonyl (C=O) groups is 3. The predicted molar refractivity (Wildman–Crippen MR) is 185 cm³/mol. The Morgan fingerprint density at radius 1 is 0.723 bits per heavy atom. The van der Waals surface area contributed by atoms with Crippen LogP contribution in [0, 0.1) is 17.6 Å². The second-order valence-corrected chi connectivity index (χ2v) is 12.4. The van der Waals surface area contributed by atoms with Gasteiger partial charge in [0.2, 0.25) is 5.91 Å². The van der Waals surface area contributed by atoms with E-state index in [-0.39, 0.29) is 23.8 Å². The first-order valence-corrected chi connectivity index (χ1v) is 18.1. The number of Topliss-reactive ketones (excluding diaryl/α,β-unsaturated/α-hetero) is 1. The molecule has 0 spiro atoms. The van der Waals surface area contributed by atoms with Gasteiger partial charge in [0.05, 0.1) is 11.5 Å². The summed E-state index contributed by atoms with van der Waals surface area (Å²) in [5.74, 6) is -4.10. The highest BCUT2D eigenvalue weighted by molar-refractivity contribution is 6.58. The first-order chi connectivity index (χ1) is 22.6. The number of hydrogen-bond donors (Lipinski definition) is 5. The number of aliphatic carboxylic acids is 1. The number of aliphatic hydroxyl groups is 1. The average Bonchev–Trinajstić information content (AvgIpc) is 3.04. The van der Waals surface area contributed by atoms with Gasteiger partial charge >= 0.3 is 13.1 Å². The van der Waals surface area contributed by atoms with E-state index in [1.165, 1.54) is 38.5 Å². The number of carboxylic acid groups (broad SMARTS) is 1. The highest BCUT2D eigenvalue weighted by atomic mass is 19.2. The molecule has 0 bridgehead atoms. The Bertz CT molecular complexity index is 979. The summed E-state index contributed by atoms with van der Waals surface area (Å²) in [6.45, 7) is 4.91. The minimum absolute atomic E-state index is 0.0909. The molecule has 0 unspecified atom stereocenters. The zero-order valence-corrected chi connectivity index (χ0v) is 29.0. The van der Waals surface area contributed by atoms with Gasteiger partial charge in [0, 0.05) is 31.5 Å². The minimum Gasteiger partial charge on any atom is -0.481 e. The molecule has 5 N–H and O–H groups in total. The molecule has 270 valence electrons. The molecule has 0 heterocycles. The number of hydrogen-bond acceptors (Lipinski definition) is 6. The smallest absolute Gasteiger partial charge is 0.481 e. The van der Waals surface area contributed by atoms with Crippen molar-refractivity contribution in [2.75, 3.05) is 13.2 Å². The van der Waals surface area contributed by atoms with Gasteiger partial charge in [-0.05, 0) is 44.6 Å². The standard InChI is InChI=1S/C32H52BF2NO6.C4H10O/c1-2-25(32(39)40)19-17-18-24-36-29(38)21-16-14-12-10-8-6-4-3-5-7-9-11-13-15-20-28(37)26-22-23-27(33(41)42)31(35)30(26)34;1-2-3-4-5/h22-23,25,41-42H,2-21,24H2,1H3,(H,36,38)(H,39,40);5H,2-4H2,1H3/t25-;/m0./s1. The fourth-order valence-electron chi connectivity index (χ4n) is 5.30. The lowest BCUT2D eigenvalue weighted by Crippen LogP contribution is -2.34.